The van der Waals surface area contributed by atoms with Crippen molar-refractivity contribution in [3.63, 3.8) is 0 Å². The van der Waals surface area contributed by atoms with Gasteiger partial charge in [-0.25, -0.2) is 4.98 Å². The van der Waals surface area contributed by atoms with Crippen molar-refractivity contribution in [2.75, 3.05) is 19.7 Å². The van der Waals surface area contributed by atoms with Crippen LogP contribution in [0.15, 0.2) is 12.7 Å². The lowest BCUT2D eigenvalue weighted by Crippen LogP contribution is -2.40. The molecule has 0 spiro atoms. The van der Waals surface area contributed by atoms with Gasteiger partial charge in [-0.3, -0.25) is 4.68 Å². The van der Waals surface area contributed by atoms with Gasteiger partial charge in [0.25, 0.3) is 0 Å². The molecule has 12 heavy (non-hydrogen) atoms. The molecule has 1 atom stereocenters. The summed E-state index contributed by atoms with van der Waals surface area (Å²) in [5.41, 5.74) is 0. The fraction of sp³-hybridized carbons (Fsp3) is 0.714. The Morgan fingerprint density at radius 1 is 1.67 bits per heavy atom. The van der Waals surface area contributed by atoms with Crippen LogP contribution in [0.1, 0.15) is 0 Å². The maximum Gasteiger partial charge on any atom is 0.137 e. The Morgan fingerprint density at radius 2 is 2.67 bits per heavy atom. The zero-order valence-electron chi connectivity index (χ0n) is 6.81. The summed E-state index contributed by atoms with van der Waals surface area (Å²) >= 11 is 0. The molecule has 1 saturated heterocycles. The third-order valence-corrected chi connectivity index (χ3v) is 1.86. The molecule has 1 aromatic rings. The number of ether oxygens (including phenoxy) is 1. The molecule has 5 nitrogen and oxygen atoms in total. The second-order valence-electron chi connectivity index (χ2n) is 2.81. The van der Waals surface area contributed by atoms with E-state index in [0.29, 0.717) is 0 Å². The molecule has 1 aliphatic heterocycles. The Bertz CT molecular complexity index is 217. The molecule has 66 valence electrons. The van der Waals surface area contributed by atoms with E-state index in [0.717, 1.165) is 26.2 Å². The lowest BCUT2D eigenvalue weighted by atomic mass is 10.3. The summed E-state index contributed by atoms with van der Waals surface area (Å²) in [6.45, 7) is 3.43. The highest BCUT2D eigenvalue weighted by Crippen LogP contribution is 1.98. The van der Waals surface area contributed by atoms with Crippen molar-refractivity contribution < 1.29 is 4.74 Å². The largest absolute Gasteiger partial charge is 0.374 e. The number of aromatic nitrogens is 3. The van der Waals surface area contributed by atoms with Crippen LogP contribution < -0.4 is 5.32 Å². The van der Waals surface area contributed by atoms with Crippen LogP contribution in [0.25, 0.3) is 0 Å². The van der Waals surface area contributed by atoms with Gasteiger partial charge in [0.2, 0.25) is 0 Å². The van der Waals surface area contributed by atoms with Crippen molar-refractivity contribution in [1.82, 2.24) is 20.1 Å². The summed E-state index contributed by atoms with van der Waals surface area (Å²) in [6, 6.07) is 0. The first-order valence-electron chi connectivity index (χ1n) is 4.10. The topological polar surface area (TPSA) is 52.0 Å². The van der Waals surface area contributed by atoms with Gasteiger partial charge in [0.1, 0.15) is 12.7 Å². The molecule has 0 aliphatic carbocycles. The van der Waals surface area contributed by atoms with Gasteiger partial charge in [-0.05, 0) is 0 Å². The lowest BCUT2D eigenvalue weighted by molar-refractivity contribution is 0.0161. The first-order valence-corrected chi connectivity index (χ1v) is 4.10. The molecule has 1 aromatic heterocycles. The van der Waals surface area contributed by atoms with E-state index in [9.17, 15) is 0 Å². The molecular weight excluding hydrogens is 156 g/mol. The van der Waals surface area contributed by atoms with Gasteiger partial charge in [0, 0.05) is 13.1 Å². The lowest BCUT2D eigenvalue weighted by Gasteiger charge is -2.23. The van der Waals surface area contributed by atoms with E-state index in [1.807, 2.05) is 0 Å². The van der Waals surface area contributed by atoms with E-state index in [2.05, 4.69) is 15.4 Å². The van der Waals surface area contributed by atoms with Gasteiger partial charge in [-0.2, -0.15) is 5.10 Å². The monoisotopic (exact) mass is 168 g/mol. The quantitative estimate of drug-likeness (QED) is 0.632. The van der Waals surface area contributed by atoms with E-state index in [-0.39, 0.29) is 6.10 Å². The van der Waals surface area contributed by atoms with Crippen LogP contribution >= 0.6 is 0 Å². The molecular formula is C7H12N4O. The van der Waals surface area contributed by atoms with Gasteiger partial charge in [0.15, 0.2) is 0 Å². The number of hydrogen-bond donors (Lipinski definition) is 1. The second kappa shape index (κ2) is 3.64. The highest BCUT2D eigenvalue weighted by atomic mass is 16.5. The normalized spacial score (nSPS) is 24.2. The average molecular weight is 168 g/mol. The minimum atomic E-state index is 0.237. The van der Waals surface area contributed by atoms with Crippen molar-refractivity contribution >= 4 is 0 Å². The molecule has 0 amide bonds. The summed E-state index contributed by atoms with van der Waals surface area (Å²) in [4.78, 5) is 3.86. The Balaban J connectivity index is 1.86. The standard InChI is InChI=1S/C7H12N4O/c1-2-12-7(3-8-1)4-11-6-9-5-10-11/h5-8H,1-4H2/t7-/m0/s1. The SMILES string of the molecule is c1ncn(C[C@@H]2CNCCO2)n1. The number of nitrogens with one attached hydrogen (secondary N) is 1. The van der Waals surface area contributed by atoms with Gasteiger partial charge in [-0.1, -0.05) is 0 Å². The summed E-state index contributed by atoms with van der Waals surface area (Å²) in [5, 5.41) is 7.27. The Hall–Kier alpha value is -0.940. The predicted octanol–water partition coefficient (Wildman–Crippen LogP) is -0.733. The van der Waals surface area contributed by atoms with Crippen LogP contribution in [-0.2, 0) is 11.3 Å². The van der Waals surface area contributed by atoms with Crippen molar-refractivity contribution in [3.8, 4) is 0 Å². The van der Waals surface area contributed by atoms with Gasteiger partial charge < -0.3 is 10.1 Å². The van der Waals surface area contributed by atoms with Crippen molar-refractivity contribution in [3.05, 3.63) is 12.7 Å². The number of nitrogens with zero attached hydrogens (tertiary/aromatic N) is 3. The molecule has 2 rings (SSSR count). The predicted molar refractivity (Wildman–Crippen MR) is 42.6 cm³/mol. The van der Waals surface area contributed by atoms with Gasteiger partial charge >= 0.3 is 0 Å². The van der Waals surface area contributed by atoms with E-state index in [1.165, 1.54) is 6.33 Å². The third kappa shape index (κ3) is 1.80. The third-order valence-electron chi connectivity index (χ3n) is 1.86. The molecule has 1 fully saturated rings. The first-order chi connectivity index (χ1) is 5.95. The Morgan fingerprint density at radius 3 is 3.33 bits per heavy atom. The molecule has 0 aromatic carbocycles. The molecule has 1 N–H and O–H groups in total. The van der Waals surface area contributed by atoms with Crippen LogP contribution in [0, 0.1) is 0 Å². The maximum atomic E-state index is 5.50. The highest BCUT2D eigenvalue weighted by Gasteiger charge is 2.13. The van der Waals surface area contributed by atoms with Crippen LogP contribution in [-0.4, -0.2) is 40.6 Å². The Labute approximate surface area is 70.7 Å². The first kappa shape index (κ1) is 7.70. The highest BCUT2D eigenvalue weighted by molar-refractivity contribution is 4.68. The minimum absolute atomic E-state index is 0.237. The molecule has 2 heterocycles. The van der Waals surface area contributed by atoms with E-state index >= 15 is 0 Å². The molecule has 0 saturated carbocycles. The summed E-state index contributed by atoms with van der Waals surface area (Å²) in [7, 11) is 0. The molecule has 5 heteroatoms. The average Bonchev–Trinajstić information content (AvgIpc) is 2.59. The van der Waals surface area contributed by atoms with Crippen molar-refractivity contribution in [1.29, 1.82) is 0 Å². The van der Waals surface area contributed by atoms with Crippen LogP contribution in [0.4, 0.5) is 0 Å². The smallest absolute Gasteiger partial charge is 0.137 e. The second-order valence-corrected chi connectivity index (χ2v) is 2.81. The maximum absolute atomic E-state index is 5.50. The van der Waals surface area contributed by atoms with E-state index in [4.69, 9.17) is 4.74 Å². The number of morpholine rings is 1. The van der Waals surface area contributed by atoms with Gasteiger partial charge in [-0.15, -0.1) is 0 Å². The van der Waals surface area contributed by atoms with E-state index in [1.54, 1.807) is 11.0 Å². The Kier molecular flexibility index (Phi) is 2.33. The van der Waals surface area contributed by atoms with Crippen LogP contribution in [0.5, 0.6) is 0 Å². The zero-order chi connectivity index (χ0) is 8.23. The fourth-order valence-corrected chi connectivity index (χ4v) is 1.27. The fourth-order valence-electron chi connectivity index (χ4n) is 1.27. The summed E-state index contributed by atoms with van der Waals surface area (Å²) in [6.07, 6.45) is 3.48. The zero-order valence-corrected chi connectivity index (χ0v) is 6.81. The van der Waals surface area contributed by atoms with Gasteiger partial charge in [0.05, 0.1) is 19.3 Å². The van der Waals surface area contributed by atoms with Crippen molar-refractivity contribution in [2.45, 2.75) is 12.6 Å². The molecule has 1 aliphatic rings. The molecule has 0 radical (unpaired) electrons. The molecule has 0 bridgehead atoms. The molecule has 0 unspecified atom stereocenters. The van der Waals surface area contributed by atoms with Crippen LogP contribution in [0.2, 0.25) is 0 Å². The van der Waals surface area contributed by atoms with E-state index < -0.39 is 0 Å². The number of hydrogen-bond acceptors (Lipinski definition) is 4. The van der Waals surface area contributed by atoms with Crippen molar-refractivity contribution in [2.24, 2.45) is 0 Å². The summed E-state index contributed by atoms with van der Waals surface area (Å²) in [5.74, 6) is 0. The number of rotatable bonds is 2. The van der Waals surface area contributed by atoms with Crippen LogP contribution in [0.3, 0.4) is 0 Å². The minimum Gasteiger partial charge on any atom is -0.374 e. The summed E-state index contributed by atoms with van der Waals surface area (Å²) < 4.78 is 7.29.